The van der Waals surface area contributed by atoms with Crippen molar-refractivity contribution in [1.29, 1.82) is 0 Å². The number of aliphatic hydroxyl groups is 1. The van der Waals surface area contributed by atoms with Gasteiger partial charge in [-0.3, -0.25) is 4.79 Å². The van der Waals surface area contributed by atoms with Gasteiger partial charge in [0.2, 0.25) is 0 Å². The molecule has 0 spiro atoms. The van der Waals surface area contributed by atoms with E-state index in [1.54, 1.807) is 24.3 Å². The van der Waals surface area contributed by atoms with Gasteiger partial charge >= 0.3 is 0 Å². The number of nitrogens with one attached hydrogen (secondary N) is 1. The molecule has 0 saturated heterocycles. The Morgan fingerprint density at radius 1 is 0.913 bits per heavy atom. The largest absolute Gasteiger partial charge is 0.378 e. The van der Waals surface area contributed by atoms with Crippen LogP contribution in [0.3, 0.4) is 0 Å². The number of rotatable bonds is 4. The molecule has 2 unspecified atom stereocenters. The Hall–Kier alpha value is -2.65. The maximum Gasteiger partial charge on any atom is 0.253 e. The van der Waals surface area contributed by atoms with Crippen LogP contribution in [0.15, 0.2) is 72.8 Å². The summed E-state index contributed by atoms with van der Waals surface area (Å²) in [6.07, 6.45) is -1.16. The number of benzene rings is 3. The standard InChI is InChI=1S/C20H19NO2/c1-14(17-13-7-11-15-8-5-6-12-18(15)17)21-20(23)19(22)16-9-3-2-4-10-16/h2-14,19,22H,1H3,(H,21,23). The zero-order chi connectivity index (χ0) is 16.2. The topological polar surface area (TPSA) is 49.3 Å². The van der Waals surface area contributed by atoms with E-state index in [2.05, 4.69) is 5.32 Å². The average Bonchev–Trinajstić information content (AvgIpc) is 2.61. The summed E-state index contributed by atoms with van der Waals surface area (Å²) in [7, 11) is 0. The molecule has 0 bridgehead atoms. The third kappa shape index (κ3) is 3.25. The summed E-state index contributed by atoms with van der Waals surface area (Å²) in [5, 5.41) is 15.3. The van der Waals surface area contributed by atoms with E-state index in [-0.39, 0.29) is 6.04 Å². The fourth-order valence-electron chi connectivity index (χ4n) is 2.78. The summed E-state index contributed by atoms with van der Waals surface area (Å²) in [4.78, 5) is 12.3. The first-order valence-corrected chi connectivity index (χ1v) is 7.68. The van der Waals surface area contributed by atoms with Crippen LogP contribution in [0.2, 0.25) is 0 Å². The van der Waals surface area contributed by atoms with Gasteiger partial charge in [0.15, 0.2) is 6.10 Å². The predicted molar refractivity (Wildman–Crippen MR) is 91.9 cm³/mol. The Morgan fingerprint density at radius 3 is 2.35 bits per heavy atom. The van der Waals surface area contributed by atoms with Gasteiger partial charge < -0.3 is 10.4 Å². The molecule has 3 nitrogen and oxygen atoms in total. The summed E-state index contributed by atoms with van der Waals surface area (Å²) in [5.74, 6) is -0.392. The highest BCUT2D eigenvalue weighted by Crippen LogP contribution is 2.24. The SMILES string of the molecule is CC(NC(=O)C(O)c1ccccc1)c1cccc2ccccc12. The lowest BCUT2D eigenvalue weighted by molar-refractivity contribution is -0.130. The number of fused-ring (bicyclic) bond motifs is 1. The van der Waals surface area contributed by atoms with E-state index in [1.807, 2.05) is 55.5 Å². The van der Waals surface area contributed by atoms with Crippen LogP contribution in [0, 0.1) is 0 Å². The molecular formula is C20H19NO2. The van der Waals surface area contributed by atoms with Crippen LogP contribution in [0.5, 0.6) is 0 Å². The van der Waals surface area contributed by atoms with E-state index in [0.29, 0.717) is 5.56 Å². The van der Waals surface area contributed by atoms with Gasteiger partial charge in [0.05, 0.1) is 6.04 Å². The van der Waals surface area contributed by atoms with E-state index in [9.17, 15) is 9.90 Å². The van der Waals surface area contributed by atoms with Crippen LogP contribution in [0.25, 0.3) is 10.8 Å². The number of carbonyl (C=O) groups excluding carboxylic acids is 1. The molecule has 0 aromatic heterocycles. The minimum atomic E-state index is -1.16. The maximum atomic E-state index is 12.3. The van der Waals surface area contributed by atoms with Crippen molar-refractivity contribution in [2.24, 2.45) is 0 Å². The van der Waals surface area contributed by atoms with E-state index >= 15 is 0 Å². The van der Waals surface area contributed by atoms with E-state index in [0.717, 1.165) is 16.3 Å². The van der Waals surface area contributed by atoms with Gasteiger partial charge in [-0.2, -0.15) is 0 Å². The molecule has 3 aromatic rings. The number of carbonyl (C=O) groups is 1. The highest BCUT2D eigenvalue weighted by atomic mass is 16.3. The quantitative estimate of drug-likeness (QED) is 0.771. The molecule has 116 valence electrons. The monoisotopic (exact) mass is 305 g/mol. The van der Waals surface area contributed by atoms with Crippen molar-refractivity contribution in [1.82, 2.24) is 5.32 Å². The van der Waals surface area contributed by atoms with Crippen LogP contribution in [0.1, 0.15) is 30.2 Å². The average molecular weight is 305 g/mol. The third-order valence-electron chi connectivity index (χ3n) is 4.01. The summed E-state index contributed by atoms with van der Waals surface area (Å²) in [6, 6.07) is 22.9. The molecule has 0 heterocycles. The van der Waals surface area contributed by atoms with Gasteiger partial charge in [-0.15, -0.1) is 0 Å². The molecule has 1 amide bonds. The Kier molecular flexibility index (Phi) is 4.40. The van der Waals surface area contributed by atoms with Crippen LogP contribution in [0.4, 0.5) is 0 Å². The Morgan fingerprint density at radius 2 is 1.57 bits per heavy atom. The number of hydrogen-bond donors (Lipinski definition) is 2. The Bertz CT molecular complexity index is 809. The minimum Gasteiger partial charge on any atom is -0.378 e. The van der Waals surface area contributed by atoms with Crippen molar-refractivity contribution in [3.8, 4) is 0 Å². The van der Waals surface area contributed by atoms with Gasteiger partial charge in [-0.05, 0) is 28.8 Å². The van der Waals surface area contributed by atoms with Crippen molar-refractivity contribution >= 4 is 16.7 Å². The smallest absolute Gasteiger partial charge is 0.253 e. The Balaban J connectivity index is 1.81. The van der Waals surface area contributed by atoms with Gasteiger partial charge in [0.25, 0.3) is 5.91 Å². The molecule has 0 aliphatic rings. The lowest BCUT2D eigenvalue weighted by Crippen LogP contribution is -2.31. The molecule has 3 rings (SSSR count). The van der Waals surface area contributed by atoms with Crippen LogP contribution >= 0.6 is 0 Å². The molecule has 0 aliphatic heterocycles. The zero-order valence-corrected chi connectivity index (χ0v) is 12.9. The second-order valence-corrected chi connectivity index (χ2v) is 5.61. The van der Waals surface area contributed by atoms with Crippen molar-refractivity contribution in [2.45, 2.75) is 19.1 Å². The molecule has 0 fully saturated rings. The molecule has 0 radical (unpaired) electrons. The molecule has 3 aromatic carbocycles. The Labute approximate surface area is 135 Å². The van der Waals surface area contributed by atoms with Crippen molar-refractivity contribution in [2.75, 3.05) is 0 Å². The lowest BCUT2D eigenvalue weighted by Gasteiger charge is -2.19. The first-order valence-electron chi connectivity index (χ1n) is 7.68. The number of hydrogen-bond acceptors (Lipinski definition) is 2. The predicted octanol–water partition coefficient (Wildman–Crippen LogP) is 3.75. The number of amides is 1. The van der Waals surface area contributed by atoms with Crippen LogP contribution < -0.4 is 5.32 Å². The summed E-state index contributed by atoms with van der Waals surface area (Å²) in [5.41, 5.74) is 1.63. The lowest BCUT2D eigenvalue weighted by atomic mass is 9.99. The fraction of sp³-hybridized carbons (Fsp3) is 0.150. The van der Waals surface area contributed by atoms with Crippen LogP contribution in [-0.2, 0) is 4.79 Å². The molecule has 3 heteroatoms. The highest BCUT2D eigenvalue weighted by molar-refractivity contribution is 5.87. The molecule has 2 N–H and O–H groups in total. The maximum absolute atomic E-state index is 12.3. The van der Waals surface area contributed by atoms with E-state index < -0.39 is 12.0 Å². The number of aliphatic hydroxyl groups excluding tert-OH is 1. The first kappa shape index (κ1) is 15.3. The van der Waals surface area contributed by atoms with Crippen molar-refractivity contribution in [3.05, 3.63) is 83.9 Å². The first-order chi connectivity index (χ1) is 11.2. The summed E-state index contributed by atoms with van der Waals surface area (Å²) in [6.45, 7) is 1.93. The van der Waals surface area contributed by atoms with Crippen LogP contribution in [-0.4, -0.2) is 11.0 Å². The van der Waals surface area contributed by atoms with Gasteiger partial charge in [0, 0.05) is 0 Å². The zero-order valence-electron chi connectivity index (χ0n) is 12.9. The second-order valence-electron chi connectivity index (χ2n) is 5.61. The molecule has 0 aliphatic carbocycles. The summed E-state index contributed by atoms with van der Waals surface area (Å²) < 4.78 is 0. The fourth-order valence-corrected chi connectivity index (χ4v) is 2.78. The normalized spacial score (nSPS) is 13.5. The third-order valence-corrected chi connectivity index (χ3v) is 4.01. The van der Waals surface area contributed by atoms with Crippen molar-refractivity contribution < 1.29 is 9.90 Å². The minimum absolute atomic E-state index is 0.188. The van der Waals surface area contributed by atoms with Gasteiger partial charge in [-0.1, -0.05) is 72.8 Å². The molecule has 0 saturated carbocycles. The van der Waals surface area contributed by atoms with E-state index in [4.69, 9.17) is 0 Å². The van der Waals surface area contributed by atoms with Gasteiger partial charge in [0.1, 0.15) is 0 Å². The molecular weight excluding hydrogens is 286 g/mol. The van der Waals surface area contributed by atoms with Gasteiger partial charge in [-0.25, -0.2) is 0 Å². The highest BCUT2D eigenvalue weighted by Gasteiger charge is 2.20. The van der Waals surface area contributed by atoms with Crippen molar-refractivity contribution in [3.63, 3.8) is 0 Å². The molecule has 23 heavy (non-hydrogen) atoms. The summed E-state index contributed by atoms with van der Waals surface area (Å²) >= 11 is 0. The molecule has 2 atom stereocenters. The second kappa shape index (κ2) is 6.63. The van der Waals surface area contributed by atoms with E-state index in [1.165, 1.54) is 0 Å².